The Morgan fingerprint density at radius 2 is 1.73 bits per heavy atom. The summed E-state index contributed by atoms with van der Waals surface area (Å²) in [7, 11) is 0. The first-order valence-electron chi connectivity index (χ1n) is 8.38. The Balaban J connectivity index is 1.54. The number of carboxylic acids is 1. The zero-order valence-corrected chi connectivity index (χ0v) is 14.2. The molecule has 0 atom stereocenters. The van der Waals surface area contributed by atoms with Crippen LogP contribution in [0, 0.1) is 5.82 Å². The number of urea groups is 1. The van der Waals surface area contributed by atoms with Gasteiger partial charge < -0.3 is 15.3 Å². The number of amides is 2. The van der Waals surface area contributed by atoms with E-state index >= 15 is 0 Å². The molecule has 0 unspecified atom stereocenters. The zero-order valence-electron chi connectivity index (χ0n) is 14.2. The number of hydrogen-bond donors (Lipinski definition) is 2. The van der Waals surface area contributed by atoms with Crippen molar-refractivity contribution in [1.82, 2.24) is 9.80 Å². The highest BCUT2D eigenvalue weighted by Gasteiger charge is 2.21. The number of aromatic carboxylic acids is 1. The molecule has 0 saturated carbocycles. The third kappa shape index (κ3) is 4.37. The average molecular weight is 357 g/mol. The second kappa shape index (κ2) is 7.97. The molecule has 2 N–H and O–H groups in total. The Bertz CT molecular complexity index is 790. The maximum absolute atomic E-state index is 13.4. The first-order chi connectivity index (χ1) is 12.5. The van der Waals surface area contributed by atoms with Gasteiger partial charge in [0.05, 0.1) is 5.56 Å². The normalized spacial score (nSPS) is 14.9. The molecule has 1 saturated heterocycles. The fraction of sp³-hybridized carbons (Fsp3) is 0.263. The van der Waals surface area contributed by atoms with Crippen molar-refractivity contribution >= 4 is 17.7 Å². The lowest BCUT2D eigenvalue weighted by Gasteiger charge is -2.34. The summed E-state index contributed by atoms with van der Waals surface area (Å²) in [5, 5.41) is 11.6. The van der Waals surface area contributed by atoms with Crippen LogP contribution in [0.4, 0.5) is 14.9 Å². The maximum Gasteiger partial charge on any atom is 0.338 e. The monoisotopic (exact) mass is 357 g/mol. The molecule has 1 aliphatic rings. The minimum absolute atomic E-state index is 0.264. The number of carbonyl (C=O) groups excluding carboxylic acids is 1. The second-order valence-electron chi connectivity index (χ2n) is 6.18. The quantitative estimate of drug-likeness (QED) is 0.883. The van der Waals surface area contributed by atoms with E-state index in [1.165, 1.54) is 11.6 Å². The summed E-state index contributed by atoms with van der Waals surface area (Å²) < 4.78 is 13.4. The summed E-state index contributed by atoms with van der Waals surface area (Å²) in [4.78, 5) is 27.3. The maximum atomic E-state index is 13.4. The predicted octanol–water partition coefficient (Wildman–Crippen LogP) is 2.87. The number of hydrogen-bond acceptors (Lipinski definition) is 3. The van der Waals surface area contributed by atoms with Crippen molar-refractivity contribution in [3.8, 4) is 0 Å². The van der Waals surface area contributed by atoms with Crippen LogP contribution in [0.15, 0.2) is 48.5 Å². The number of benzene rings is 2. The molecule has 1 fully saturated rings. The van der Waals surface area contributed by atoms with Gasteiger partial charge in [0.15, 0.2) is 0 Å². The van der Waals surface area contributed by atoms with Crippen LogP contribution in [0.1, 0.15) is 15.9 Å². The lowest BCUT2D eigenvalue weighted by atomic mass is 10.2. The van der Waals surface area contributed by atoms with Gasteiger partial charge in [-0.15, -0.1) is 0 Å². The molecule has 0 aromatic heterocycles. The molecular formula is C19H20FN3O3. The Morgan fingerprint density at radius 1 is 1.04 bits per heavy atom. The lowest BCUT2D eigenvalue weighted by molar-refractivity contribution is 0.0692. The Kier molecular flexibility index (Phi) is 5.48. The minimum atomic E-state index is -1.37. The molecule has 7 heteroatoms. The van der Waals surface area contributed by atoms with Gasteiger partial charge in [0, 0.05) is 38.4 Å². The minimum Gasteiger partial charge on any atom is -0.478 e. The second-order valence-corrected chi connectivity index (χ2v) is 6.18. The number of rotatable bonds is 4. The zero-order chi connectivity index (χ0) is 18.5. The molecule has 6 nitrogen and oxygen atoms in total. The molecule has 2 amide bonds. The van der Waals surface area contributed by atoms with E-state index in [-0.39, 0.29) is 11.7 Å². The molecule has 2 aromatic rings. The van der Waals surface area contributed by atoms with E-state index in [1.807, 2.05) is 18.2 Å². The molecule has 0 radical (unpaired) electrons. The molecule has 0 aliphatic carbocycles. The van der Waals surface area contributed by atoms with Gasteiger partial charge in [-0.05, 0) is 23.8 Å². The van der Waals surface area contributed by atoms with Crippen molar-refractivity contribution in [3.63, 3.8) is 0 Å². The molecule has 136 valence electrons. The van der Waals surface area contributed by atoms with Crippen molar-refractivity contribution < 1.29 is 19.1 Å². The van der Waals surface area contributed by atoms with Gasteiger partial charge in [0.1, 0.15) is 5.82 Å². The van der Waals surface area contributed by atoms with Crippen molar-refractivity contribution in [2.45, 2.75) is 6.54 Å². The summed E-state index contributed by atoms with van der Waals surface area (Å²) in [6.07, 6.45) is 0. The van der Waals surface area contributed by atoms with E-state index < -0.39 is 17.3 Å². The van der Waals surface area contributed by atoms with Gasteiger partial charge >= 0.3 is 12.0 Å². The van der Waals surface area contributed by atoms with Gasteiger partial charge in [-0.3, -0.25) is 4.90 Å². The van der Waals surface area contributed by atoms with Crippen molar-refractivity contribution in [2.75, 3.05) is 31.5 Å². The molecule has 1 aliphatic heterocycles. The first kappa shape index (κ1) is 17.9. The van der Waals surface area contributed by atoms with E-state index in [2.05, 4.69) is 22.3 Å². The molecule has 3 rings (SSSR count). The Morgan fingerprint density at radius 3 is 2.38 bits per heavy atom. The molecule has 2 aromatic carbocycles. The SMILES string of the molecule is O=C(O)c1cc(NC(=O)N2CCN(Cc3ccccc3)CC2)ccc1F. The van der Waals surface area contributed by atoms with Crippen LogP contribution in [0.25, 0.3) is 0 Å². The summed E-state index contributed by atoms with van der Waals surface area (Å²) in [6.45, 7) is 3.51. The van der Waals surface area contributed by atoms with Crippen LogP contribution in [-0.2, 0) is 6.54 Å². The van der Waals surface area contributed by atoms with Crippen LogP contribution in [0.3, 0.4) is 0 Å². The first-order valence-corrected chi connectivity index (χ1v) is 8.38. The highest BCUT2D eigenvalue weighted by atomic mass is 19.1. The average Bonchev–Trinajstić information content (AvgIpc) is 2.64. The van der Waals surface area contributed by atoms with E-state index in [1.54, 1.807) is 4.90 Å². The number of nitrogens with one attached hydrogen (secondary N) is 1. The summed E-state index contributed by atoms with van der Waals surface area (Å²) in [5.41, 5.74) is 1.04. The number of halogens is 1. The lowest BCUT2D eigenvalue weighted by Crippen LogP contribution is -2.49. The molecular weight excluding hydrogens is 337 g/mol. The highest BCUT2D eigenvalue weighted by molar-refractivity contribution is 5.93. The third-order valence-corrected chi connectivity index (χ3v) is 4.36. The number of nitrogens with zero attached hydrogens (tertiary/aromatic N) is 2. The van der Waals surface area contributed by atoms with Crippen molar-refractivity contribution in [2.24, 2.45) is 0 Å². The van der Waals surface area contributed by atoms with Gasteiger partial charge in [-0.2, -0.15) is 0 Å². The van der Waals surface area contributed by atoms with Gasteiger partial charge in [0.2, 0.25) is 0 Å². The van der Waals surface area contributed by atoms with E-state index in [0.717, 1.165) is 31.8 Å². The third-order valence-electron chi connectivity index (χ3n) is 4.36. The molecule has 0 spiro atoms. The molecule has 0 bridgehead atoms. The fourth-order valence-corrected chi connectivity index (χ4v) is 2.92. The van der Waals surface area contributed by atoms with Crippen molar-refractivity contribution in [3.05, 3.63) is 65.5 Å². The number of carbonyl (C=O) groups is 2. The molecule has 26 heavy (non-hydrogen) atoms. The van der Waals surface area contributed by atoms with E-state index in [9.17, 15) is 14.0 Å². The van der Waals surface area contributed by atoms with Crippen LogP contribution >= 0.6 is 0 Å². The number of piperazine rings is 1. The van der Waals surface area contributed by atoms with E-state index in [0.29, 0.717) is 13.1 Å². The molecule has 1 heterocycles. The summed E-state index contributed by atoms with van der Waals surface area (Å²) in [5.74, 6) is -2.20. The summed E-state index contributed by atoms with van der Waals surface area (Å²) in [6, 6.07) is 13.4. The van der Waals surface area contributed by atoms with Crippen LogP contribution in [0.2, 0.25) is 0 Å². The van der Waals surface area contributed by atoms with Crippen molar-refractivity contribution in [1.29, 1.82) is 0 Å². The predicted molar refractivity (Wildman–Crippen MR) is 95.7 cm³/mol. The largest absolute Gasteiger partial charge is 0.478 e. The fourth-order valence-electron chi connectivity index (χ4n) is 2.92. The topological polar surface area (TPSA) is 72.9 Å². The number of carboxylic acid groups (broad SMARTS) is 1. The standard InChI is InChI=1S/C19H20FN3O3/c20-17-7-6-15(12-16(17)18(24)25)21-19(26)23-10-8-22(9-11-23)13-14-4-2-1-3-5-14/h1-7,12H,8-11,13H2,(H,21,26)(H,24,25). The van der Waals surface area contributed by atoms with Crippen LogP contribution in [0.5, 0.6) is 0 Å². The van der Waals surface area contributed by atoms with Gasteiger partial charge in [-0.1, -0.05) is 30.3 Å². The van der Waals surface area contributed by atoms with Gasteiger partial charge in [0.25, 0.3) is 0 Å². The van der Waals surface area contributed by atoms with Gasteiger partial charge in [-0.25, -0.2) is 14.0 Å². The van der Waals surface area contributed by atoms with E-state index in [4.69, 9.17) is 5.11 Å². The number of anilines is 1. The smallest absolute Gasteiger partial charge is 0.338 e. The summed E-state index contributed by atoms with van der Waals surface area (Å²) >= 11 is 0. The highest BCUT2D eigenvalue weighted by Crippen LogP contribution is 2.16. The Hall–Kier alpha value is -2.93. The van der Waals surface area contributed by atoms with Crippen LogP contribution in [-0.4, -0.2) is 53.1 Å². The van der Waals surface area contributed by atoms with Crippen LogP contribution < -0.4 is 5.32 Å². The Labute approximate surface area is 150 Å².